The molecular weight excluding hydrogens is 204 g/mol. The number of nitrogens with zero attached hydrogens (tertiary/aromatic N) is 2. The number of nitriles is 1. The van der Waals surface area contributed by atoms with Crippen molar-refractivity contribution in [3.05, 3.63) is 33.7 Å². The molecule has 0 bridgehead atoms. The molecule has 4 heteroatoms. The van der Waals surface area contributed by atoms with Gasteiger partial charge in [-0.25, -0.2) is 0 Å². The van der Waals surface area contributed by atoms with E-state index in [-0.39, 0.29) is 16.9 Å². The number of aryl methyl sites for hydroxylation is 1. The Hall–Kier alpha value is -1.89. The number of ketones is 1. The van der Waals surface area contributed by atoms with Gasteiger partial charge in [-0.2, -0.15) is 5.26 Å². The SMILES string of the molecule is CC(=O)c1ccc(C)n(CCCC#N)c1=O. The van der Waals surface area contributed by atoms with Crippen molar-refractivity contribution in [3.8, 4) is 6.07 Å². The smallest absolute Gasteiger partial charge is 0.261 e. The van der Waals surface area contributed by atoms with Crippen LogP contribution in [0.5, 0.6) is 0 Å². The number of aromatic nitrogens is 1. The fourth-order valence-corrected chi connectivity index (χ4v) is 1.53. The van der Waals surface area contributed by atoms with Crippen LogP contribution < -0.4 is 5.56 Å². The van der Waals surface area contributed by atoms with Crippen molar-refractivity contribution in [1.82, 2.24) is 4.57 Å². The predicted octanol–water partition coefficient (Wildman–Crippen LogP) is 1.66. The van der Waals surface area contributed by atoms with Crippen LogP contribution in [0.25, 0.3) is 0 Å². The number of carbonyl (C=O) groups is 1. The van der Waals surface area contributed by atoms with E-state index in [1.165, 1.54) is 6.92 Å². The molecule has 0 N–H and O–H groups in total. The molecule has 0 amide bonds. The van der Waals surface area contributed by atoms with E-state index in [4.69, 9.17) is 5.26 Å². The molecule has 1 aromatic heterocycles. The third kappa shape index (κ3) is 2.57. The second-order valence-corrected chi connectivity index (χ2v) is 3.66. The molecule has 0 fully saturated rings. The van der Waals surface area contributed by atoms with E-state index in [1.807, 2.05) is 13.0 Å². The fourth-order valence-electron chi connectivity index (χ4n) is 1.53. The quantitative estimate of drug-likeness (QED) is 0.570. The van der Waals surface area contributed by atoms with E-state index in [0.717, 1.165) is 5.69 Å². The van der Waals surface area contributed by atoms with Crippen molar-refractivity contribution >= 4 is 5.78 Å². The van der Waals surface area contributed by atoms with Gasteiger partial charge >= 0.3 is 0 Å². The van der Waals surface area contributed by atoms with Gasteiger partial charge in [0.15, 0.2) is 5.78 Å². The molecule has 16 heavy (non-hydrogen) atoms. The summed E-state index contributed by atoms with van der Waals surface area (Å²) in [6, 6.07) is 5.34. The zero-order chi connectivity index (χ0) is 12.1. The number of Topliss-reactive ketones (excluding diaryl/α,β-unsaturated/α-hetero) is 1. The fraction of sp³-hybridized carbons (Fsp3) is 0.417. The van der Waals surface area contributed by atoms with E-state index in [2.05, 4.69) is 0 Å². The average molecular weight is 218 g/mol. The van der Waals surface area contributed by atoms with Gasteiger partial charge < -0.3 is 4.57 Å². The molecule has 0 saturated carbocycles. The first-order chi connectivity index (χ1) is 7.57. The van der Waals surface area contributed by atoms with Crippen LogP contribution >= 0.6 is 0 Å². The number of rotatable bonds is 4. The molecule has 1 aromatic rings. The molecule has 0 spiro atoms. The lowest BCUT2D eigenvalue weighted by molar-refractivity contribution is 0.101. The molecule has 1 heterocycles. The first-order valence-corrected chi connectivity index (χ1v) is 5.16. The molecule has 0 aromatic carbocycles. The molecule has 0 radical (unpaired) electrons. The molecule has 1 rings (SSSR count). The van der Waals surface area contributed by atoms with E-state index in [9.17, 15) is 9.59 Å². The number of hydrogen-bond donors (Lipinski definition) is 0. The minimum atomic E-state index is -0.259. The van der Waals surface area contributed by atoms with Crippen LogP contribution in [0, 0.1) is 18.3 Å². The standard InChI is InChI=1S/C12H14N2O2/c1-9-5-6-11(10(2)15)12(16)14(9)8-4-3-7-13/h5-6H,3-4,8H2,1-2H3. The second-order valence-electron chi connectivity index (χ2n) is 3.66. The van der Waals surface area contributed by atoms with Gasteiger partial charge in [-0.05, 0) is 32.4 Å². The Kier molecular flexibility index (Phi) is 4.01. The Balaban J connectivity index is 3.08. The maximum absolute atomic E-state index is 11.9. The van der Waals surface area contributed by atoms with Crippen LogP contribution in [-0.4, -0.2) is 10.4 Å². The molecule has 84 valence electrons. The topological polar surface area (TPSA) is 62.9 Å². The van der Waals surface area contributed by atoms with Crippen molar-refractivity contribution in [2.75, 3.05) is 0 Å². The average Bonchev–Trinajstić information content (AvgIpc) is 2.22. The minimum absolute atomic E-state index is 0.211. The number of unbranched alkanes of at least 4 members (excludes halogenated alkanes) is 1. The van der Waals surface area contributed by atoms with E-state index in [0.29, 0.717) is 19.4 Å². The lowest BCUT2D eigenvalue weighted by atomic mass is 10.2. The summed E-state index contributed by atoms with van der Waals surface area (Å²) >= 11 is 0. The highest BCUT2D eigenvalue weighted by Crippen LogP contribution is 2.01. The Labute approximate surface area is 94.1 Å². The third-order valence-corrected chi connectivity index (χ3v) is 2.44. The summed E-state index contributed by atoms with van der Waals surface area (Å²) in [5.41, 5.74) is 0.765. The summed E-state index contributed by atoms with van der Waals surface area (Å²) in [4.78, 5) is 23.1. The number of carbonyl (C=O) groups excluding carboxylic acids is 1. The molecule has 0 aliphatic carbocycles. The van der Waals surface area contributed by atoms with Gasteiger partial charge in [0.05, 0.1) is 11.6 Å². The maximum atomic E-state index is 11.9. The number of pyridine rings is 1. The van der Waals surface area contributed by atoms with E-state index in [1.54, 1.807) is 16.7 Å². The molecule has 0 unspecified atom stereocenters. The Morgan fingerprint density at radius 2 is 2.19 bits per heavy atom. The van der Waals surface area contributed by atoms with Gasteiger partial charge in [0.25, 0.3) is 5.56 Å². The molecular formula is C12H14N2O2. The van der Waals surface area contributed by atoms with Gasteiger partial charge in [-0.1, -0.05) is 0 Å². The zero-order valence-corrected chi connectivity index (χ0v) is 9.49. The Bertz CT molecular complexity index is 495. The molecule has 0 aliphatic rings. The lowest BCUT2D eigenvalue weighted by Crippen LogP contribution is -2.27. The van der Waals surface area contributed by atoms with Gasteiger partial charge in [-0.3, -0.25) is 9.59 Å². The van der Waals surface area contributed by atoms with E-state index < -0.39 is 0 Å². The van der Waals surface area contributed by atoms with Gasteiger partial charge in [0, 0.05) is 18.7 Å². The van der Waals surface area contributed by atoms with Crippen LogP contribution in [0.3, 0.4) is 0 Å². The van der Waals surface area contributed by atoms with Crippen LogP contribution in [-0.2, 0) is 6.54 Å². The summed E-state index contributed by atoms with van der Waals surface area (Å²) in [7, 11) is 0. The third-order valence-electron chi connectivity index (χ3n) is 2.44. The highest BCUT2D eigenvalue weighted by atomic mass is 16.1. The Morgan fingerprint density at radius 3 is 2.75 bits per heavy atom. The molecule has 0 saturated heterocycles. The highest BCUT2D eigenvalue weighted by Gasteiger charge is 2.09. The molecule has 0 aliphatic heterocycles. The van der Waals surface area contributed by atoms with E-state index >= 15 is 0 Å². The summed E-state index contributed by atoms with van der Waals surface area (Å²) in [5.74, 6) is -0.223. The van der Waals surface area contributed by atoms with Crippen LogP contribution in [0.4, 0.5) is 0 Å². The van der Waals surface area contributed by atoms with Crippen LogP contribution in [0.15, 0.2) is 16.9 Å². The maximum Gasteiger partial charge on any atom is 0.261 e. The first kappa shape index (κ1) is 12.2. The summed E-state index contributed by atoms with van der Waals surface area (Å²) < 4.78 is 1.55. The monoisotopic (exact) mass is 218 g/mol. The number of hydrogen-bond acceptors (Lipinski definition) is 3. The second kappa shape index (κ2) is 5.26. The first-order valence-electron chi connectivity index (χ1n) is 5.16. The van der Waals surface area contributed by atoms with Crippen molar-refractivity contribution in [3.63, 3.8) is 0 Å². The lowest BCUT2D eigenvalue weighted by Gasteiger charge is -2.09. The summed E-state index contributed by atoms with van der Waals surface area (Å²) in [5, 5.41) is 8.43. The molecule has 4 nitrogen and oxygen atoms in total. The van der Waals surface area contributed by atoms with Crippen LogP contribution in [0.1, 0.15) is 35.8 Å². The van der Waals surface area contributed by atoms with Gasteiger partial charge in [-0.15, -0.1) is 0 Å². The molecule has 0 atom stereocenters. The highest BCUT2D eigenvalue weighted by molar-refractivity contribution is 5.93. The van der Waals surface area contributed by atoms with Crippen molar-refractivity contribution < 1.29 is 4.79 Å². The summed E-state index contributed by atoms with van der Waals surface area (Å²) in [6.07, 6.45) is 1.04. The predicted molar refractivity (Wildman–Crippen MR) is 60.3 cm³/mol. The normalized spacial score (nSPS) is 9.81. The zero-order valence-electron chi connectivity index (χ0n) is 9.49. The van der Waals surface area contributed by atoms with Crippen molar-refractivity contribution in [1.29, 1.82) is 5.26 Å². The largest absolute Gasteiger partial charge is 0.312 e. The van der Waals surface area contributed by atoms with Gasteiger partial charge in [0.2, 0.25) is 0 Å². The van der Waals surface area contributed by atoms with Gasteiger partial charge in [0.1, 0.15) is 0 Å². The van der Waals surface area contributed by atoms with Crippen molar-refractivity contribution in [2.45, 2.75) is 33.2 Å². The Morgan fingerprint density at radius 1 is 1.50 bits per heavy atom. The summed E-state index contributed by atoms with van der Waals surface area (Å²) in [6.45, 7) is 3.68. The van der Waals surface area contributed by atoms with Crippen molar-refractivity contribution in [2.24, 2.45) is 0 Å². The van der Waals surface area contributed by atoms with Crippen LogP contribution in [0.2, 0.25) is 0 Å². The minimum Gasteiger partial charge on any atom is -0.312 e.